The maximum absolute atomic E-state index is 13.2. The number of hydrogen-bond donors (Lipinski definition) is 1. The fourth-order valence-corrected chi connectivity index (χ4v) is 2.13. The molecule has 0 unspecified atom stereocenters. The van der Waals surface area contributed by atoms with Crippen LogP contribution in [0.1, 0.15) is 11.1 Å². The Morgan fingerprint density at radius 1 is 1.24 bits per heavy atom. The molecule has 0 saturated carbocycles. The highest BCUT2D eigenvalue weighted by Crippen LogP contribution is 2.20. The predicted molar refractivity (Wildman–Crippen MR) is 65.9 cm³/mol. The molecule has 0 bridgehead atoms. The van der Waals surface area contributed by atoms with E-state index in [0.29, 0.717) is 16.5 Å². The van der Waals surface area contributed by atoms with Gasteiger partial charge in [0, 0.05) is 30.3 Å². The van der Waals surface area contributed by atoms with E-state index in [0.717, 1.165) is 5.56 Å². The van der Waals surface area contributed by atoms with Crippen LogP contribution in [0.4, 0.5) is 4.39 Å². The molecule has 3 nitrogen and oxygen atoms in total. The van der Waals surface area contributed by atoms with Crippen LogP contribution in [0.3, 0.4) is 0 Å². The molecule has 17 heavy (non-hydrogen) atoms. The molecule has 0 fully saturated rings. The molecule has 0 aliphatic heterocycles. The van der Waals surface area contributed by atoms with Crippen molar-refractivity contribution in [1.82, 2.24) is 9.97 Å². The molecule has 0 amide bonds. The minimum Gasteiger partial charge on any atom is -0.326 e. The summed E-state index contributed by atoms with van der Waals surface area (Å²) in [5.74, 6) is 0.453. The second-order valence-corrected chi connectivity index (χ2v) is 4.39. The van der Waals surface area contributed by atoms with Crippen LogP contribution in [-0.2, 0) is 12.3 Å². The highest BCUT2D eigenvalue weighted by molar-refractivity contribution is 7.98. The first-order chi connectivity index (χ1) is 8.29. The van der Waals surface area contributed by atoms with Gasteiger partial charge in [0.2, 0.25) is 0 Å². The Balaban J connectivity index is 2.04. The summed E-state index contributed by atoms with van der Waals surface area (Å²) in [4.78, 5) is 8.21. The second-order valence-electron chi connectivity index (χ2n) is 3.45. The molecule has 1 aromatic heterocycles. The molecule has 88 valence electrons. The van der Waals surface area contributed by atoms with Crippen molar-refractivity contribution in [3.05, 3.63) is 53.6 Å². The van der Waals surface area contributed by atoms with Gasteiger partial charge in [0.05, 0.1) is 0 Å². The Hall–Kier alpha value is -1.46. The molecule has 1 aromatic carbocycles. The van der Waals surface area contributed by atoms with E-state index in [9.17, 15) is 4.39 Å². The number of nitrogens with zero attached hydrogens (tertiary/aromatic N) is 2. The van der Waals surface area contributed by atoms with Gasteiger partial charge in [0.15, 0.2) is 5.16 Å². The van der Waals surface area contributed by atoms with Gasteiger partial charge in [-0.25, -0.2) is 14.4 Å². The van der Waals surface area contributed by atoms with Gasteiger partial charge in [-0.05, 0) is 17.7 Å². The van der Waals surface area contributed by atoms with Crippen LogP contribution in [0.25, 0.3) is 0 Å². The zero-order chi connectivity index (χ0) is 12.1. The number of nitrogens with two attached hydrogens (primary N) is 1. The summed E-state index contributed by atoms with van der Waals surface area (Å²) >= 11 is 1.51. The third-order valence-corrected chi connectivity index (χ3v) is 3.19. The molecule has 5 heteroatoms. The maximum atomic E-state index is 13.2. The van der Waals surface area contributed by atoms with Crippen LogP contribution in [0.2, 0.25) is 0 Å². The Kier molecular flexibility index (Phi) is 4.06. The SMILES string of the molecule is NCc1cc(CSc2ncccn2)ccc1F. The quantitative estimate of drug-likeness (QED) is 0.667. The van der Waals surface area contributed by atoms with Gasteiger partial charge >= 0.3 is 0 Å². The van der Waals surface area contributed by atoms with E-state index in [1.807, 2.05) is 0 Å². The lowest BCUT2D eigenvalue weighted by Gasteiger charge is -2.04. The monoisotopic (exact) mass is 249 g/mol. The Bertz CT molecular complexity index is 490. The minimum absolute atomic E-state index is 0.214. The minimum atomic E-state index is -0.253. The first-order valence-electron chi connectivity index (χ1n) is 5.17. The van der Waals surface area contributed by atoms with Gasteiger partial charge in [0.25, 0.3) is 0 Å². The zero-order valence-electron chi connectivity index (χ0n) is 9.14. The van der Waals surface area contributed by atoms with Gasteiger partial charge in [-0.3, -0.25) is 0 Å². The molecule has 0 aliphatic rings. The van der Waals surface area contributed by atoms with Crippen LogP contribution in [-0.4, -0.2) is 9.97 Å². The number of thioether (sulfide) groups is 1. The van der Waals surface area contributed by atoms with Crippen LogP contribution in [0.15, 0.2) is 41.8 Å². The number of halogens is 1. The van der Waals surface area contributed by atoms with E-state index >= 15 is 0 Å². The van der Waals surface area contributed by atoms with Crippen molar-refractivity contribution in [3.63, 3.8) is 0 Å². The van der Waals surface area contributed by atoms with Crippen LogP contribution < -0.4 is 5.73 Å². The van der Waals surface area contributed by atoms with Gasteiger partial charge in [-0.1, -0.05) is 23.9 Å². The normalized spacial score (nSPS) is 10.5. The van der Waals surface area contributed by atoms with E-state index in [-0.39, 0.29) is 12.4 Å². The van der Waals surface area contributed by atoms with Crippen molar-refractivity contribution in [3.8, 4) is 0 Å². The van der Waals surface area contributed by atoms with Gasteiger partial charge in [-0.15, -0.1) is 0 Å². The zero-order valence-corrected chi connectivity index (χ0v) is 9.95. The van der Waals surface area contributed by atoms with Crippen molar-refractivity contribution in [2.45, 2.75) is 17.5 Å². The van der Waals surface area contributed by atoms with Crippen LogP contribution in [0, 0.1) is 5.82 Å². The van der Waals surface area contributed by atoms with Crippen LogP contribution >= 0.6 is 11.8 Å². The van der Waals surface area contributed by atoms with Gasteiger partial charge < -0.3 is 5.73 Å². The highest BCUT2D eigenvalue weighted by Gasteiger charge is 2.03. The Labute approximate surface area is 103 Å². The van der Waals surface area contributed by atoms with Gasteiger partial charge in [0.1, 0.15) is 5.82 Å². The molecule has 2 N–H and O–H groups in total. The fourth-order valence-electron chi connectivity index (χ4n) is 1.38. The number of rotatable bonds is 4. The van der Waals surface area contributed by atoms with Gasteiger partial charge in [-0.2, -0.15) is 0 Å². The lowest BCUT2D eigenvalue weighted by atomic mass is 10.1. The predicted octanol–water partition coefficient (Wildman–Crippen LogP) is 2.37. The van der Waals surface area contributed by atoms with Crippen LogP contribution in [0.5, 0.6) is 0 Å². The molecular formula is C12H12FN3S. The third-order valence-electron chi connectivity index (χ3n) is 2.24. The molecule has 0 spiro atoms. The Morgan fingerprint density at radius 2 is 2.00 bits per heavy atom. The molecule has 1 heterocycles. The summed E-state index contributed by atoms with van der Waals surface area (Å²) in [5, 5.41) is 0.714. The molecule has 0 radical (unpaired) electrons. The van der Waals surface area contributed by atoms with E-state index in [2.05, 4.69) is 9.97 Å². The lowest BCUT2D eigenvalue weighted by molar-refractivity contribution is 0.610. The lowest BCUT2D eigenvalue weighted by Crippen LogP contribution is -2.00. The number of aromatic nitrogens is 2. The smallest absolute Gasteiger partial charge is 0.187 e. The molecule has 0 atom stereocenters. The Morgan fingerprint density at radius 3 is 2.71 bits per heavy atom. The second kappa shape index (κ2) is 5.75. The molecule has 0 aliphatic carbocycles. The first kappa shape index (κ1) is 12.0. The third kappa shape index (κ3) is 3.25. The van der Waals surface area contributed by atoms with E-state index in [4.69, 9.17) is 5.73 Å². The maximum Gasteiger partial charge on any atom is 0.187 e. The average molecular weight is 249 g/mol. The van der Waals surface area contributed by atoms with E-state index in [1.54, 1.807) is 30.6 Å². The summed E-state index contributed by atoms with van der Waals surface area (Å²) < 4.78 is 13.2. The van der Waals surface area contributed by atoms with Crippen molar-refractivity contribution in [1.29, 1.82) is 0 Å². The fraction of sp³-hybridized carbons (Fsp3) is 0.167. The summed E-state index contributed by atoms with van der Waals surface area (Å²) in [7, 11) is 0. The van der Waals surface area contributed by atoms with Crippen molar-refractivity contribution < 1.29 is 4.39 Å². The summed E-state index contributed by atoms with van der Waals surface area (Å²) in [6, 6.07) is 6.76. The summed E-state index contributed by atoms with van der Waals surface area (Å²) in [6.07, 6.45) is 3.40. The molecule has 2 rings (SSSR count). The number of benzene rings is 1. The topological polar surface area (TPSA) is 51.8 Å². The molecule has 0 saturated heterocycles. The average Bonchev–Trinajstić information content (AvgIpc) is 2.39. The standard InChI is InChI=1S/C12H12FN3S/c13-11-3-2-9(6-10(11)7-14)8-17-12-15-4-1-5-16-12/h1-6H,7-8,14H2. The van der Waals surface area contributed by atoms with E-state index in [1.165, 1.54) is 17.8 Å². The summed E-state index contributed by atoms with van der Waals surface area (Å²) in [5.41, 5.74) is 7.01. The van der Waals surface area contributed by atoms with Crippen molar-refractivity contribution >= 4 is 11.8 Å². The first-order valence-corrected chi connectivity index (χ1v) is 6.15. The van der Waals surface area contributed by atoms with E-state index < -0.39 is 0 Å². The number of hydrogen-bond acceptors (Lipinski definition) is 4. The molecular weight excluding hydrogens is 237 g/mol. The largest absolute Gasteiger partial charge is 0.326 e. The highest BCUT2D eigenvalue weighted by atomic mass is 32.2. The molecule has 2 aromatic rings. The van der Waals surface area contributed by atoms with Crippen molar-refractivity contribution in [2.75, 3.05) is 0 Å². The summed E-state index contributed by atoms with van der Waals surface area (Å²) in [6.45, 7) is 0.214. The van der Waals surface area contributed by atoms with Crippen molar-refractivity contribution in [2.24, 2.45) is 5.73 Å².